The molecule has 5 N–H and O–H groups in total. The minimum atomic E-state index is -0.296. The van der Waals surface area contributed by atoms with Crippen molar-refractivity contribution in [3.63, 3.8) is 0 Å². The molecule has 8 nitrogen and oxygen atoms in total. The van der Waals surface area contributed by atoms with Gasteiger partial charge in [-0.1, -0.05) is 60.7 Å². The summed E-state index contributed by atoms with van der Waals surface area (Å²) in [5.41, 5.74) is 19.5. The van der Waals surface area contributed by atoms with Gasteiger partial charge in [0.2, 0.25) is 0 Å². The van der Waals surface area contributed by atoms with E-state index in [9.17, 15) is 14.0 Å². The van der Waals surface area contributed by atoms with Gasteiger partial charge in [-0.3, -0.25) is 9.97 Å². The summed E-state index contributed by atoms with van der Waals surface area (Å²) in [4.78, 5) is 17.0. The first-order valence-corrected chi connectivity index (χ1v) is 15.5. The van der Waals surface area contributed by atoms with E-state index in [-0.39, 0.29) is 35.1 Å². The van der Waals surface area contributed by atoms with Crippen LogP contribution in [0.25, 0.3) is 44.1 Å². The first-order valence-electron chi connectivity index (χ1n) is 15.5. The number of anilines is 2. The lowest BCUT2D eigenvalue weighted by Gasteiger charge is -2.20. The summed E-state index contributed by atoms with van der Waals surface area (Å²) < 4.78 is 26.6. The highest BCUT2D eigenvalue weighted by Gasteiger charge is 2.19. The topological polar surface area (TPSA) is 139 Å². The van der Waals surface area contributed by atoms with Crippen LogP contribution in [0.1, 0.15) is 42.6 Å². The molecule has 0 aliphatic rings. The largest absolute Gasteiger partial charge is 0.382 e. The molecule has 4 aromatic carbocycles. The van der Waals surface area contributed by atoms with Gasteiger partial charge in [0.25, 0.3) is 0 Å². The lowest BCUT2D eigenvalue weighted by molar-refractivity contribution is 0.627. The van der Waals surface area contributed by atoms with Crippen LogP contribution in [0, 0.1) is 23.0 Å². The fourth-order valence-electron chi connectivity index (χ4n) is 5.77. The second-order valence-electron chi connectivity index (χ2n) is 11.5. The SMILES string of the molecule is CC(N)c1cnc2ccccc2c1-c1ccc(F)cc1.CC(Nc1ncnc(N)c1C#N)c1cnc2ccccc2c1-c1ccc(F)cc1. The number of hydrogen-bond donors (Lipinski definition) is 3. The van der Waals surface area contributed by atoms with Crippen molar-refractivity contribution in [3.8, 4) is 28.3 Å². The molecule has 3 aromatic heterocycles. The van der Waals surface area contributed by atoms with Crippen LogP contribution >= 0.6 is 0 Å². The third-order valence-electron chi connectivity index (χ3n) is 8.17. The van der Waals surface area contributed by atoms with Crippen LogP contribution in [0.15, 0.2) is 116 Å². The van der Waals surface area contributed by atoms with Gasteiger partial charge in [-0.25, -0.2) is 18.7 Å². The molecule has 10 heteroatoms. The highest BCUT2D eigenvalue weighted by molar-refractivity contribution is 5.97. The van der Waals surface area contributed by atoms with Crippen molar-refractivity contribution >= 4 is 33.4 Å². The molecule has 2 unspecified atom stereocenters. The Labute approximate surface area is 282 Å². The van der Waals surface area contributed by atoms with Crippen molar-refractivity contribution in [2.45, 2.75) is 25.9 Å². The summed E-state index contributed by atoms with van der Waals surface area (Å²) in [6, 6.07) is 30.2. The Morgan fingerprint density at radius 2 is 1.16 bits per heavy atom. The lowest BCUT2D eigenvalue weighted by Crippen LogP contribution is -2.12. The molecule has 0 fully saturated rings. The molecule has 7 aromatic rings. The number of nitriles is 1. The number of fused-ring (bicyclic) bond motifs is 2. The molecule has 0 saturated heterocycles. The maximum atomic E-state index is 13.5. The molecule has 0 saturated carbocycles. The molecule has 7 rings (SSSR count). The molecule has 2 atom stereocenters. The predicted octanol–water partition coefficient (Wildman–Crippen LogP) is 8.52. The average molecular weight is 651 g/mol. The van der Waals surface area contributed by atoms with E-state index in [2.05, 4.69) is 25.3 Å². The van der Waals surface area contributed by atoms with Gasteiger partial charge in [-0.2, -0.15) is 5.26 Å². The van der Waals surface area contributed by atoms with Gasteiger partial charge in [0.15, 0.2) is 0 Å². The molecular weight excluding hydrogens is 618 g/mol. The van der Waals surface area contributed by atoms with Crippen molar-refractivity contribution in [3.05, 3.63) is 144 Å². The molecule has 49 heavy (non-hydrogen) atoms. The van der Waals surface area contributed by atoms with Crippen molar-refractivity contribution in [2.75, 3.05) is 11.1 Å². The van der Waals surface area contributed by atoms with Crippen molar-refractivity contribution < 1.29 is 8.78 Å². The number of rotatable bonds is 6. The zero-order valence-corrected chi connectivity index (χ0v) is 26.8. The van der Waals surface area contributed by atoms with E-state index in [0.29, 0.717) is 5.82 Å². The summed E-state index contributed by atoms with van der Waals surface area (Å²) in [7, 11) is 0. The molecule has 0 bridgehead atoms. The second kappa shape index (κ2) is 14.2. The smallest absolute Gasteiger partial charge is 0.150 e. The first kappa shape index (κ1) is 32.6. The Kier molecular flexibility index (Phi) is 9.46. The standard InChI is InChI=1S/C22H17FN6.C17H15FN2/c1-13(29-22-17(10-24)21(25)27-12-28-22)18-11-26-19-5-3-2-4-16(19)20(18)14-6-8-15(23)9-7-14;1-11(19)15-10-20-16-5-3-2-4-14(16)17(15)12-6-8-13(18)9-7-12/h2-9,11-13H,1H3,(H3,25,27,28,29);2-11H,19H2,1H3. The summed E-state index contributed by atoms with van der Waals surface area (Å²) in [6.45, 7) is 3.87. The number of halogens is 2. The molecule has 242 valence electrons. The Morgan fingerprint density at radius 3 is 1.67 bits per heavy atom. The van der Waals surface area contributed by atoms with Crippen LogP contribution in [0.5, 0.6) is 0 Å². The van der Waals surface area contributed by atoms with E-state index in [4.69, 9.17) is 11.5 Å². The maximum Gasteiger partial charge on any atom is 0.150 e. The highest BCUT2D eigenvalue weighted by atomic mass is 19.1. The van der Waals surface area contributed by atoms with Gasteiger partial charge in [-0.15, -0.1) is 0 Å². The van der Waals surface area contributed by atoms with E-state index >= 15 is 0 Å². The van der Waals surface area contributed by atoms with Crippen molar-refractivity contribution in [2.24, 2.45) is 5.73 Å². The summed E-state index contributed by atoms with van der Waals surface area (Å²) in [5.74, 6) is -0.0669. The number of hydrogen-bond acceptors (Lipinski definition) is 8. The minimum absolute atomic E-state index is 0.118. The van der Waals surface area contributed by atoms with Crippen LogP contribution in [0.4, 0.5) is 20.4 Å². The summed E-state index contributed by atoms with van der Waals surface area (Å²) in [6.07, 6.45) is 4.91. The fraction of sp³-hybridized carbons (Fsp3) is 0.103. The Morgan fingerprint density at radius 1 is 0.673 bits per heavy atom. The van der Waals surface area contributed by atoms with Crippen LogP contribution in [-0.4, -0.2) is 19.9 Å². The van der Waals surface area contributed by atoms with Gasteiger partial charge < -0.3 is 16.8 Å². The van der Waals surface area contributed by atoms with Gasteiger partial charge in [0, 0.05) is 34.8 Å². The van der Waals surface area contributed by atoms with Gasteiger partial charge in [0.1, 0.15) is 41.2 Å². The third kappa shape index (κ3) is 6.88. The Balaban J connectivity index is 0.000000182. The Bertz CT molecular complexity index is 2300. The molecule has 0 amide bonds. The quantitative estimate of drug-likeness (QED) is 0.163. The fourth-order valence-corrected chi connectivity index (χ4v) is 5.77. The van der Waals surface area contributed by atoms with Gasteiger partial charge in [0.05, 0.1) is 17.1 Å². The molecule has 0 radical (unpaired) electrons. The van der Waals surface area contributed by atoms with Crippen molar-refractivity contribution in [1.29, 1.82) is 5.26 Å². The zero-order chi connectivity index (χ0) is 34.5. The van der Waals surface area contributed by atoms with E-state index in [1.54, 1.807) is 30.5 Å². The van der Waals surface area contributed by atoms with Crippen molar-refractivity contribution in [1.82, 2.24) is 19.9 Å². The number of aromatic nitrogens is 4. The number of nitrogens with one attached hydrogen (secondary N) is 1. The first-order chi connectivity index (χ1) is 23.7. The van der Waals surface area contributed by atoms with E-state index in [1.165, 1.54) is 30.6 Å². The molecular formula is C39H32F2N8. The number of nitrogens with two attached hydrogens (primary N) is 2. The predicted molar refractivity (Wildman–Crippen MR) is 190 cm³/mol. The molecule has 0 spiro atoms. The average Bonchev–Trinajstić information content (AvgIpc) is 3.12. The van der Waals surface area contributed by atoms with E-state index in [0.717, 1.165) is 55.2 Å². The highest BCUT2D eigenvalue weighted by Crippen LogP contribution is 2.36. The second-order valence-corrected chi connectivity index (χ2v) is 11.5. The molecule has 0 aliphatic carbocycles. The summed E-state index contributed by atoms with van der Waals surface area (Å²) >= 11 is 0. The normalized spacial score (nSPS) is 12.1. The number of nitrogen functional groups attached to an aromatic ring is 1. The summed E-state index contributed by atoms with van der Waals surface area (Å²) in [5, 5.41) is 14.6. The van der Waals surface area contributed by atoms with E-state index in [1.807, 2.05) is 74.6 Å². The zero-order valence-electron chi connectivity index (χ0n) is 26.8. The van der Waals surface area contributed by atoms with Crippen LogP contribution < -0.4 is 16.8 Å². The Hall–Kier alpha value is -6.31. The number of nitrogens with zero attached hydrogens (tertiary/aromatic N) is 5. The van der Waals surface area contributed by atoms with Crippen LogP contribution in [0.2, 0.25) is 0 Å². The number of para-hydroxylation sites is 2. The third-order valence-corrected chi connectivity index (χ3v) is 8.17. The molecule has 3 heterocycles. The monoisotopic (exact) mass is 650 g/mol. The van der Waals surface area contributed by atoms with Crippen LogP contribution in [0.3, 0.4) is 0 Å². The van der Waals surface area contributed by atoms with E-state index < -0.39 is 0 Å². The van der Waals surface area contributed by atoms with Gasteiger partial charge in [-0.05, 0) is 78.1 Å². The maximum absolute atomic E-state index is 13.5. The van der Waals surface area contributed by atoms with Gasteiger partial charge >= 0.3 is 0 Å². The minimum Gasteiger partial charge on any atom is -0.382 e. The van der Waals surface area contributed by atoms with Crippen LogP contribution in [-0.2, 0) is 0 Å². The molecule has 0 aliphatic heterocycles. The lowest BCUT2D eigenvalue weighted by atomic mass is 9.93. The number of benzene rings is 4. The number of pyridine rings is 2.